The number of hydrogen-bond donors (Lipinski definition) is 3. The molecule has 0 bridgehead atoms. The lowest BCUT2D eigenvalue weighted by Crippen LogP contribution is -2.31. The van der Waals surface area contributed by atoms with Crippen molar-refractivity contribution in [3.05, 3.63) is 35.4 Å². The quantitative estimate of drug-likeness (QED) is 0.687. The molecule has 1 fully saturated rings. The molecule has 1 aliphatic carbocycles. The highest BCUT2D eigenvalue weighted by Gasteiger charge is 2.27. The van der Waals surface area contributed by atoms with Crippen LogP contribution in [0, 0.1) is 5.92 Å². The topological polar surface area (TPSA) is 87.5 Å². The third-order valence-corrected chi connectivity index (χ3v) is 4.34. The van der Waals surface area contributed by atoms with Crippen LogP contribution in [0.5, 0.6) is 0 Å². The molecule has 1 saturated carbocycles. The van der Waals surface area contributed by atoms with Crippen molar-refractivity contribution in [2.75, 3.05) is 27.2 Å². The van der Waals surface area contributed by atoms with Crippen molar-refractivity contribution in [3.8, 4) is 0 Å². The Hall–Kier alpha value is -1.92. The normalized spacial score (nSPS) is 20.2. The summed E-state index contributed by atoms with van der Waals surface area (Å²) in [5, 5.41) is 5.84. The molecule has 2 rings (SSSR count). The second-order valence-corrected chi connectivity index (χ2v) is 6.75. The van der Waals surface area contributed by atoms with E-state index in [1.165, 1.54) is 0 Å². The van der Waals surface area contributed by atoms with Gasteiger partial charge in [0.2, 0.25) is 5.91 Å². The molecule has 0 aromatic heterocycles. The minimum Gasteiger partial charge on any atom is -0.352 e. The fourth-order valence-corrected chi connectivity index (χ4v) is 2.91. The number of nitrogens with one attached hydrogen (secondary N) is 2. The summed E-state index contributed by atoms with van der Waals surface area (Å²) in [7, 11) is 3.93. The minimum atomic E-state index is -0.0909. The van der Waals surface area contributed by atoms with Crippen molar-refractivity contribution in [1.82, 2.24) is 15.5 Å². The third-order valence-electron chi connectivity index (χ3n) is 4.34. The van der Waals surface area contributed by atoms with Crippen LogP contribution >= 0.6 is 0 Å². The van der Waals surface area contributed by atoms with Crippen LogP contribution in [0.1, 0.15) is 35.2 Å². The standard InChI is InChI=1S/C18H28N4O2/c1-22(2)9-8-20-17(23)14-5-3-4-13(10-14)12-21-18(24)15-6-7-16(19)11-15/h3-5,10,15-16H,6-9,11-12,19H2,1-2H3,(H,20,23)(H,21,24). The summed E-state index contributed by atoms with van der Waals surface area (Å²) in [5.74, 6) is -0.00639. The van der Waals surface area contributed by atoms with E-state index < -0.39 is 0 Å². The van der Waals surface area contributed by atoms with Crippen LogP contribution in [-0.4, -0.2) is 49.9 Å². The number of likely N-dealkylation sites (N-methyl/N-ethyl adjacent to an activating group) is 1. The van der Waals surface area contributed by atoms with E-state index in [2.05, 4.69) is 10.6 Å². The predicted octanol–water partition coefficient (Wildman–Crippen LogP) is 0.722. The van der Waals surface area contributed by atoms with Gasteiger partial charge < -0.3 is 21.3 Å². The summed E-state index contributed by atoms with van der Waals surface area (Å²) in [5.41, 5.74) is 7.39. The first-order chi connectivity index (χ1) is 11.5. The van der Waals surface area contributed by atoms with Crippen molar-refractivity contribution in [3.63, 3.8) is 0 Å². The molecule has 0 saturated heterocycles. The molecule has 132 valence electrons. The first-order valence-electron chi connectivity index (χ1n) is 8.51. The Kier molecular flexibility index (Phi) is 6.75. The number of carbonyl (C=O) groups is 2. The van der Waals surface area contributed by atoms with E-state index in [1.807, 2.05) is 37.2 Å². The summed E-state index contributed by atoms with van der Waals surface area (Å²) in [4.78, 5) is 26.3. The second-order valence-electron chi connectivity index (χ2n) is 6.75. The first-order valence-corrected chi connectivity index (χ1v) is 8.51. The smallest absolute Gasteiger partial charge is 0.251 e. The summed E-state index contributed by atoms with van der Waals surface area (Å²) in [6.07, 6.45) is 2.54. The predicted molar refractivity (Wildman–Crippen MR) is 94.5 cm³/mol. The van der Waals surface area contributed by atoms with Gasteiger partial charge in [0.15, 0.2) is 0 Å². The third kappa shape index (κ3) is 5.62. The van der Waals surface area contributed by atoms with Gasteiger partial charge >= 0.3 is 0 Å². The zero-order valence-corrected chi connectivity index (χ0v) is 14.5. The SMILES string of the molecule is CN(C)CCNC(=O)c1cccc(CNC(=O)C2CCC(N)C2)c1. The molecule has 6 heteroatoms. The Balaban J connectivity index is 1.83. The molecule has 0 aliphatic heterocycles. The van der Waals surface area contributed by atoms with E-state index in [0.717, 1.165) is 31.4 Å². The first kappa shape index (κ1) is 18.4. The van der Waals surface area contributed by atoms with Crippen LogP contribution in [0.15, 0.2) is 24.3 Å². The highest BCUT2D eigenvalue weighted by atomic mass is 16.2. The number of nitrogens with two attached hydrogens (primary N) is 1. The molecule has 0 heterocycles. The second kappa shape index (κ2) is 8.80. The van der Waals surface area contributed by atoms with Gasteiger partial charge in [-0.15, -0.1) is 0 Å². The van der Waals surface area contributed by atoms with Gasteiger partial charge in [-0.25, -0.2) is 0 Å². The summed E-state index contributed by atoms with van der Waals surface area (Å²) >= 11 is 0. The van der Waals surface area contributed by atoms with E-state index in [9.17, 15) is 9.59 Å². The Labute approximate surface area is 143 Å². The molecular formula is C18H28N4O2. The van der Waals surface area contributed by atoms with Crippen molar-refractivity contribution in [2.45, 2.75) is 31.8 Å². The Morgan fingerprint density at radius 2 is 2.04 bits per heavy atom. The molecule has 1 aliphatic rings. The monoisotopic (exact) mass is 332 g/mol. The maximum absolute atomic E-state index is 12.1. The van der Waals surface area contributed by atoms with E-state index in [-0.39, 0.29) is 23.8 Å². The number of carbonyl (C=O) groups excluding carboxylic acids is 2. The lowest BCUT2D eigenvalue weighted by atomic mass is 10.1. The highest BCUT2D eigenvalue weighted by Crippen LogP contribution is 2.24. The van der Waals surface area contributed by atoms with Crippen molar-refractivity contribution in [1.29, 1.82) is 0 Å². The molecule has 4 N–H and O–H groups in total. The molecule has 2 atom stereocenters. The van der Waals surface area contributed by atoms with Gasteiger partial charge in [-0.2, -0.15) is 0 Å². The average Bonchev–Trinajstić information content (AvgIpc) is 2.99. The van der Waals surface area contributed by atoms with Gasteiger partial charge in [-0.1, -0.05) is 12.1 Å². The van der Waals surface area contributed by atoms with Gasteiger partial charge in [-0.3, -0.25) is 9.59 Å². The zero-order valence-electron chi connectivity index (χ0n) is 14.5. The van der Waals surface area contributed by atoms with Crippen LogP contribution < -0.4 is 16.4 Å². The number of amides is 2. The minimum absolute atomic E-state index is 0.0255. The number of rotatable bonds is 7. The lowest BCUT2D eigenvalue weighted by Gasteiger charge is -2.12. The van der Waals surface area contributed by atoms with Crippen LogP contribution in [-0.2, 0) is 11.3 Å². The maximum atomic E-state index is 12.1. The van der Waals surface area contributed by atoms with E-state index in [1.54, 1.807) is 6.07 Å². The van der Waals surface area contributed by atoms with Crippen LogP contribution in [0.2, 0.25) is 0 Å². The molecule has 6 nitrogen and oxygen atoms in total. The molecule has 2 unspecified atom stereocenters. The van der Waals surface area contributed by atoms with Crippen LogP contribution in [0.4, 0.5) is 0 Å². The summed E-state index contributed by atoms with van der Waals surface area (Å²) in [6, 6.07) is 7.51. The molecule has 1 aromatic carbocycles. The highest BCUT2D eigenvalue weighted by molar-refractivity contribution is 5.94. The molecule has 1 aromatic rings. The van der Waals surface area contributed by atoms with E-state index >= 15 is 0 Å². The van der Waals surface area contributed by atoms with E-state index in [4.69, 9.17) is 5.73 Å². The molecule has 2 amide bonds. The Morgan fingerprint density at radius 3 is 2.71 bits per heavy atom. The Bertz CT molecular complexity index is 574. The number of nitrogens with zero attached hydrogens (tertiary/aromatic N) is 1. The van der Waals surface area contributed by atoms with Crippen LogP contribution in [0.25, 0.3) is 0 Å². The fourth-order valence-electron chi connectivity index (χ4n) is 2.91. The molecule has 0 radical (unpaired) electrons. The van der Waals surface area contributed by atoms with E-state index in [0.29, 0.717) is 18.7 Å². The Morgan fingerprint density at radius 1 is 1.25 bits per heavy atom. The average molecular weight is 332 g/mol. The van der Waals surface area contributed by atoms with Gasteiger partial charge in [0.1, 0.15) is 0 Å². The van der Waals surface area contributed by atoms with Gasteiger partial charge in [0.05, 0.1) is 0 Å². The number of hydrogen-bond acceptors (Lipinski definition) is 4. The molecular weight excluding hydrogens is 304 g/mol. The zero-order chi connectivity index (χ0) is 17.5. The van der Waals surface area contributed by atoms with Gasteiger partial charge in [0, 0.05) is 37.2 Å². The lowest BCUT2D eigenvalue weighted by molar-refractivity contribution is -0.125. The summed E-state index contributed by atoms with van der Waals surface area (Å²) in [6.45, 7) is 1.84. The van der Waals surface area contributed by atoms with Crippen LogP contribution in [0.3, 0.4) is 0 Å². The molecule has 24 heavy (non-hydrogen) atoms. The van der Waals surface area contributed by atoms with Crippen molar-refractivity contribution in [2.24, 2.45) is 11.7 Å². The fraction of sp³-hybridized carbons (Fsp3) is 0.556. The van der Waals surface area contributed by atoms with Crippen molar-refractivity contribution >= 4 is 11.8 Å². The van der Waals surface area contributed by atoms with Gasteiger partial charge in [-0.05, 0) is 51.1 Å². The number of benzene rings is 1. The largest absolute Gasteiger partial charge is 0.352 e. The van der Waals surface area contributed by atoms with Gasteiger partial charge in [0.25, 0.3) is 5.91 Å². The maximum Gasteiger partial charge on any atom is 0.251 e. The molecule has 0 spiro atoms. The van der Waals surface area contributed by atoms with Crippen molar-refractivity contribution < 1.29 is 9.59 Å². The summed E-state index contributed by atoms with van der Waals surface area (Å²) < 4.78 is 0.